The molecule has 0 saturated carbocycles. The van der Waals surface area contributed by atoms with E-state index in [2.05, 4.69) is 81.4 Å². The Kier molecular flexibility index (Phi) is 51.9. The molecule has 1 rings (SSSR count). The molecule has 0 radical (unpaired) electrons. The SMILES string of the molecule is CCCCCCCCCC(=O)N[C@@H](CC(C)C)C(=O)N[C@H](CCC(=O)O)C(=O)N[C@H](CCC(N)=O)C(=O)N[C@@H](C(=O)N[C@H](CC(C)C)C(=O)N[C@@H](CCC(N)=O)C(=O)N[C@@H]1COC(=O)[C@H]([C@@H](C)CC)NC(=O)[C@@H](CCC(N)=O)NC(=O)[C@H](CC(C)C)NC(=O)[C@H](CC(C)C)NC(=O)[C@@H](CCC(N)=O)NC(=O)[C@@H](CC(C)C)NC(=O)[C@H](C(C)C)NC1=O)C(C)C. The maximum Gasteiger partial charge on any atom is 0.329 e. The molecule has 0 spiro atoms. The van der Waals surface area contributed by atoms with Crippen LogP contribution in [0, 0.1) is 47.3 Å². The van der Waals surface area contributed by atoms with E-state index in [0.717, 1.165) is 38.5 Å². The maximum absolute atomic E-state index is 15.1. The molecule has 0 aromatic carbocycles. The number of carboxylic acids is 1. The van der Waals surface area contributed by atoms with E-state index in [1.165, 1.54) is 34.6 Å². The van der Waals surface area contributed by atoms with Crippen LogP contribution in [0.3, 0.4) is 0 Å². The van der Waals surface area contributed by atoms with Gasteiger partial charge in [-0.2, -0.15) is 0 Å². The van der Waals surface area contributed by atoms with Crippen molar-refractivity contribution in [1.29, 1.82) is 0 Å². The van der Waals surface area contributed by atoms with Crippen molar-refractivity contribution in [1.82, 2.24) is 74.4 Å². The molecule has 1 saturated heterocycles. The van der Waals surface area contributed by atoms with E-state index >= 15 is 9.59 Å². The van der Waals surface area contributed by atoms with Crippen LogP contribution in [0.5, 0.6) is 0 Å². The Morgan fingerprint density at radius 2 is 0.734 bits per heavy atom. The van der Waals surface area contributed by atoms with Gasteiger partial charge >= 0.3 is 11.9 Å². The van der Waals surface area contributed by atoms with E-state index in [1.54, 1.807) is 76.2 Å². The number of rotatable bonds is 50. The van der Waals surface area contributed by atoms with Crippen LogP contribution in [-0.4, -0.2) is 215 Å². The van der Waals surface area contributed by atoms with Crippen LogP contribution in [0.15, 0.2) is 0 Å². The highest BCUT2D eigenvalue weighted by atomic mass is 16.5. The van der Waals surface area contributed by atoms with E-state index in [-0.39, 0.29) is 68.6 Å². The number of carbonyl (C=O) groups excluding carboxylic acids is 19. The summed E-state index contributed by atoms with van der Waals surface area (Å²) in [6.45, 7) is 27.4. The number of esters is 1. The van der Waals surface area contributed by atoms with Crippen molar-refractivity contribution in [3.8, 4) is 0 Å². The molecule has 0 bridgehead atoms. The average molecular weight is 1760 g/mol. The minimum atomic E-state index is -2.10. The number of carbonyl (C=O) groups is 20. The first-order chi connectivity index (χ1) is 57.9. The number of hydrogen-bond donors (Lipinski definition) is 19. The lowest BCUT2D eigenvalue weighted by Gasteiger charge is -2.30. The number of cyclic esters (lactones) is 1. The van der Waals surface area contributed by atoms with Gasteiger partial charge in [-0.25, -0.2) is 4.79 Å². The molecule has 1 heterocycles. The first-order valence-electron chi connectivity index (χ1n) is 43.7. The third-order valence-corrected chi connectivity index (χ3v) is 20.5. The fourth-order valence-electron chi connectivity index (χ4n) is 13.4. The van der Waals surface area contributed by atoms with Gasteiger partial charge in [0.05, 0.1) is 0 Å². The van der Waals surface area contributed by atoms with Gasteiger partial charge in [0, 0.05) is 38.5 Å². The van der Waals surface area contributed by atoms with Crippen LogP contribution in [0.2, 0.25) is 0 Å². The fraction of sp³-hybridized carbons (Fsp3) is 0.762. The molecule has 0 aromatic heterocycles. The summed E-state index contributed by atoms with van der Waals surface area (Å²) in [7, 11) is 0. The molecule has 40 nitrogen and oxygen atoms in total. The van der Waals surface area contributed by atoms with Gasteiger partial charge < -0.3 is 107 Å². The van der Waals surface area contributed by atoms with Gasteiger partial charge in [0.25, 0.3) is 0 Å². The van der Waals surface area contributed by atoms with Crippen molar-refractivity contribution in [3.63, 3.8) is 0 Å². The summed E-state index contributed by atoms with van der Waals surface area (Å²) in [5, 5.41) is 45.7. The predicted molar refractivity (Wildman–Crippen MR) is 458 cm³/mol. The molecule has 40 heteroatoms. The molecule has 0 unspecified atom stereocenters. The number of ether oxygens (including phenoxy) is 1. The topological polar surface area (TPSA) is 643 Å². The number of unbranched alkanes of at least 4 members (excludes halogenated alkanes) is 6. The fourth-order valence-corrected chi connectivity index (χ4v) is 13.4. The Morgan fingerprint density at radius 1 is 0.379 bits per heavy atom. The van der Waals surface area contributed by atoms with E-state index in [4.69, 9.17) is 27.7 Å². The first-order valence-corrected chi connectivity index (χ1v) is 43.7. The molecule has 15 atom stereocenters. The average Bonchev–Trinajstić information content (AvgIpc) is 0.983. The molecule has 1 aliphatic heterocycles. The number of primary amides is 4. The third-order valence-electron chi connectivity index (χ3n) is 20.5. The van der Waals surface area contributed by atoms with Gasteiger partial charge in [0.1, 0.15) is 91.2 Å². The van der Waals surface area contributed by atoms with Gasteiger partial charge in [-0.15, -0.1) is 0 Å². The zero-order valence-electron chi connectivity index (χ0n) is 75.7. The second kappa shape index (κ2) is 57.8. The van der Waals surface area contributed by atoms with Crippen molar-refractivity contribution in [2.24, 2.45) is 70.3 Å². The Hall–Kier alpha value is -10.6. The number of amides is 18. The lowest BCUT2D eigenvalue weighted by Crippen LogP contribution is -2.62. The zero-order valence-corrected chi connectivity index (χ0v) is 75.7. The Balaban J connectivity index is 4.23. The molecule has 0 aliphatic carbocycles. The van der Waals surface area contributed by atoms with Crippen molar-refractivity contribution in [2.45, 2.75) is 356 Å². The molecule has 1 fully saturated rings. The van der Waals surface area contributed by atoms with Crippen LogP contribution in [0.25, 0.3) is 0 Å². The van der Waals surface area contributed by atoms with E-state index in [9.17, 15) is 91.4 Å². The van der Waals surface area contributed by atoms with Gasteiger partial charge in [-0.05, 0) is 118 Å². The van der Waals surface area contributed by atoms with E-state index in [1.807, 2.05) is 0 Å². The Labute approximate surface area is 728 Å². The molecule has 18 amide bonds. The highest BCUT2D eigenvalue weighted by molar-refractivity contribution is 6.01. The standard InChI is InChI=1S/C84H146N18O22/c1-18-20-21-22-23-24-25-26-66(107)89-56(37-43(3)4)76(115)94-55(31-36-67(108)109)71(110)90-53(29-34-64(87)105)74(113)100-68(48(13)14)82(121)97-60(41-47(11)12)79(118)92-52(28-33-63(86)104)73(112)99-61-42-124-84(123)70(50(17)19-2)102-75(114)54(30-35-65(88)106)93-77(116)57(38-44(5)6)96-80(119)58(39-45(7)8)95-72(111)51(27-32-62(85)103)91-78(117)59(40-46(9)10)98-83(122)69(49(15)16)101-81(61)120/h43-61,68-70H,18-42H2,1-17H3,(H2,85,103)(H2,86,104)(H2,87,105)(H2,88,106)(H,89,107)(H,90,110)(H,91,117)(H,92,118)(H,93,116)(H,94,115)(H,95,111)(H,96,119)(H,97,121)(H,98,122)(H,99,112)(H,100,113)(H,101,120)(H,102,114)(H,108,109)/t50-,51+,52-,53+,54+,55+,56-,57-,58-,59+,60+,61+,68+,69-,70-/m0/s1. The lowest BCUT2D eigenvalue weighted by atomic mass is 9.97. The number of nitrogens with two attached hydrogens (primary N) is 4. The largest absolute Gasteiger partial charge is 0.481 e. The van der Waals surface area contributed by atoms with Gasteiger partial charge in [0.15, 0.2) is 0 Å². The molecule has 0 aromatic rings. The Morgan fingerprint density at radius 3 is 1.13 bits per heavy atom. The van der Waals surface area contributed by atoms with E-state index < -0.39 is 297 Å². The van der Waals surface area contributed by atoms with Crippen LogP contribution in [0.4, 0.5) is 0 Å². The summed E-state index contributed by atoms with van der Waals surface area (Å²) in [6, 6.07) is -22.6. The normalized spacial score (nSPS) is 20.4. The summed E-state index contributed by atoms with van der Waals surface area (Å²) < 4.78 is 5.80. The molecule has 704 valence electrons. The lowest BCUT2D eigenvalue weighted by molar-refractivity contribution is -0.152. The van der Waals surface area contributed by atoms with Gasteiger partial charge in [-0.3, -0.25) is 91.1 Å². The minimum Gasteiger partial charge on any atom is -0.481 e. The second-order valence-corrected chi connectivity index (χ2v) is 35.2. The Bertz CT molecular complexity index is 3590. The quantitative estimate of drug-likeness (QED) is 0.0281. The number of carboxylic acid groups (broad SMARTS) is 1. The highest BCUT2D eigenvalue weighted by Gasteiger charge is 2.41. The number of nitrogens with one attached hydrogen (secondary N) is 14. The van der Waals surface area contributed by atoms with Gasteiger partial charge in [-0.1, -0.05) is 163 Å². The minimum absolute atomic E-state index is 0.0444. The molecular weight excluding hydrogens is 1610 g/mol. The van der Waals surface area contributed by atoms with Crippen LogP contribution in [-0.2, 0) is 101 Å². The van der Waals surface area contributed by atoms with Crippen LogP contribution >= 0.6 is 0 Å². The van der Waals surface area contributed by atoms with Crippen molar-refractivity contribution in [3.05, 3.63) is 0 Å². The summed E-state index contributed by atoms with van der Waals surface area (Å²) in [6.07, 6.45) is 1.18. The van der Waals surface area contributed by atoms with Crippen LogP contribution in [0.1, 0.15) is 272 Å². The first kappa shape index (κ1) is 111. The maximum atomic E-state index is 15.1. The van der Waals surface area contributed by atoms with E-state index in [0.29, 0.717) is 6.42 Å². The predicted octanol–water partition coefficient (Wildman–Crippen LogP) is -0.0135. The molecule has 23 N–H and O–H groups in total. The molecule has 1 aliphatic rings. The zero-order chi connectivity index (χ0) is 94.5. The van der Waals surface area contributed by atoms with Gasteiger partial charge in [0.2, 0.25) is 106 Å². The van der Waals surface area contributed by atoms with Crippen molar-refractivity contribution >= 4 is 118 Å². The highest BCUT2D eigenvalue weighted by Crippen LogP contribution is 2.19. The number of hydrogen-bond acceptors (Lipinski definition) is 21. The summed E-state index contributed by atoms with van der Waals surface area (Å²) in [4.78, 5) is 280. The second-order valence-electron chi connectivity index (χ2n) is 35.2. The smallest absolute Gasteiger partial charge is 0.329 e. The third kappa shape index (κ3) is 44.6. The number of aliphatic carboxylic acids is 1. The summed E-state index contributed by atoms with van der Waals surface area (Å²) in [5.41, 5.74) is 22.2. The molecular formula is C84H146N18O22. The van der Waals surface area contributed by atoms with Crippen LogP contribution < -0.4 is 97.4 Å². The monoisotopic (exact) mass is 1760 g/mol. The molecule has 124 heavy (non-hydrogen) atoms. The summed E-state index contributed by atoms with van der Waals surface area (Å²) >= 11 is 0. The summed E-state index contributed by atoms with van der Waals surface area (Å²) in [5.74, 6) is -24.5. The van der Waals surface area contributed by atoms with Crippen molar-refractivity contribution < 1.29 is 106 Å². The van der Waals surface area contributed by atoms with Crippen molar-refractivity contribution in [2.75, 3.05) is 6.61 Å².